The number of halogens is 3. The van der Waals surface area contributed by atoms with Crippen LogP contribution < -0.4 is 15.8 Å². The Morgan fingerprint density at radius 2 is 1.89 bits per heavy atom. The van der Waals surface area contributed by atoms with Crippen LogP contribution in [0.5, 0.6) is 5.75 Å². The van der Waals surface area contributed by atoms with Gasteiger partial charge < -0.3 is 15.8 Å². The Morgan fingerprint density at radius 3 is 2.71 bits per heavy atom. The summed E-state index contributed by atoms with van der Waals surface area (Å²) in [5, 5.41) is 3.51. The lowest BCUT2D eigenvalue weighted by Crippen LogP contribution is -2.08. The summed E-state index contributed by atoms with van der Waals surface area (Å²) >= 11 is 12.3. The number of nitrogens with zero attached hydrogens (tertiary/aromatic N) is 2. The third kappa shape index (κ3) is 3.51. The molecule has 1 aliphatic heterocycles. The zero-order valence-electron chi connectivity index (χ0n) is 15.0. The number of ether oxygens (including phenoxy) is 1. The van der Waals surface area contributed by atoms with Gasteiger partial charge in [-0.3, -0.25) is 4.98 Å². The van der Waals surface area contributed by atoms with E-state index in [-0.39, 0.29) is 10.8 Å². The zero-order chi connectivity index (χ0) is 19.8. The summed E-state index contributed by atoms with van der Waals surface area (Å²) in [6.07, 6.45) is 2.84. The highest BCUT2D eigenvalue weighted by molar-refractivity contribution is 6.36. The Kier molecular flexibility index (Phi) is 5.10. The summed E-state index contributed by atoms with van der Waals surface area (Å²) < 4.78 is 19.8. The normalized spacial score (nSPS) is 14.0. The Hall–Kier alpha value is -2.41. The number of anilines is 1. The van der Waals surface area contributed by atoms with Crippen LogP contribution in [-0.4, -0.2) is 9.97 Å². The van der Waals surface area contributed by atoms with Crippen molar-refractivity contribution in [3.05, 3.63) is 69.3 Å². The summed E-state index contributed by atoms with van der Waals surface area (Å²) in [6, 6.07) is 6.52. The molecule has 0 spiro atoms. The van der Waals surface area contributed by atoms with Crippen molar-refractivity contribution >= 4 is 29.0 Å². The minimum absolute atomic E-state index is 0.0713. The average molecular weight is 419 g/mol. The largest absolute Gasteiger partial charge is 0.482 e. The third-order valence-electron chi connectivity index (χ3n) is 4.67. The van der Waals surface area contributed by atoms with Crippen LogP contribution in [0.3, 0.4) is 0 Å². The van der Waals surface area contributed by atoms with Crippen LogP contribution in [0, 0.1) is 5.82 Å². The summed E-state index contributed by atoms with van der Waals surface area (Å²) in [5.74, 6) is 0.0178. The molecule has 3 heterocycles. The minimum Gasteiger partial charge on any atom is -0.482 e. The number of fused-ring (bicyclic) bond motifs is 1. The molecular formula is C20H17Cl2FN4O. The van der Waals surface area contributed by atoms with Crippen LogP contribution in [-0.2, 0) is 13.1 Å². The topological polar surface area (TPSA) is 73.1 Å². The molecule has 0 saturated heterocycles. The summed E-state index contributed by atoms with van der Waals surface area (Å²) in [7, 11) is 0. The molecule has 0 fully saturated rings. The Labute approximate surface area is 171 Å². The highest BCUT2D eigenvalue weighted by Crippen LogP contribution is 2.37. The Bertz CT molecular complexity index is 1060. The lowest BCUT2D eigenvalue weighted by Gasteiger charge is -2.19. The van der Waals surface area contributed by atoms with Crippen molar-refractivity contribution in [2.45, 2.75) is 26.1 Å². The molecule has 5 nitrogen and oxygen atoms in total. The highest BCUT2D eigenvalue weighted by atomic mass is 35.5. The van der Waals surface area contributed by atoms with E-state index in [4.69, 9.17) is 33.7 Å². The standard InChI is InChI=1S/C20H17Cl2FN4O/c1-10(18-14(21)2-3-15(23)19(18)22)28-17-5-12(8-27-20(17)24)11-4-13-6-25-9-16(13)26-7-11/h2-5,7-8,10,25H,6,9H2,1H3,(H2,24,27). The van der Waals surface area contributed by atoms with Gasteiger partial charge in [0.1, 0.15) is 11.9 Å². The molecule has 4 rings (SSSR count). The van der Waals surface area contributed by atoms with Gasteiger partial charge in [0.15, 0.2) is 11.6 Å². The molecule has 28 heavy (non-hydrogen) atoms. The van der Waals surface area contributed by atoms with E-state index in [0.717, 1.165) is 35.5 Å². The highest BCUT2D eigenvalue weighted by Gasteiger charge is 2.20. The fourth-order valence-electron chi connectivity index (χ4n) is 3.20. The molecule has 3 N–H and O–H groups in total. The van der Waals surface area contributed by atoms with Crippen LogP contribution in [0.4, 0.5) is 10.2 Å². The quantitative estimate of drug-likeness (QED) is 0.588. The number of hydrogen-bond donors (Lipinski definition) is 2. The van der Waals surface area contributed by atoms with E-state index < -0.39 is 11.9 Å². The molecule has 8 heteroatoms. The van der Waals surface area contributed by atoms with Crippen molar-refractivity contribution in [2.75, 3.05) is 5.73 Å². The van der Waals surface area contributed by atoms with E-state index in [1.165, 1.54) is 12.1 Å². The number of nitrogen functional groups attached to an aromatic ring is 1. The monoisotopic (exact) mass is 418 g/mol. The van der Waals surface area contributed by atoms with Crippen molar-refractivity contribution in [1.82, 2.24) is 15.3 Å². The minimum atomic E-state index is -0.627. The number of rotatable bonds is 4. The van der Waals surface area contributed by atoms with Gasteiger partial charge in [-0.25, -0.2) is 9.37 Å². The van der Waals surface area contributed by atoms with Crippen LogP contribution in [0.1, 0.15) is 29.8 Å². The number of aromatic nitrogens is 2. The molecule has 1 aliphatic rings. The first kappa shape index (κ1) is 18.9. The van der Waals surface area contributed by atoms with Crippen LogP contribution in [0.25, 0.3) is 11.1 Å². The van der Waals surface area contributed by atoms with Crippen molar-refractivity contribution in [3.63, 3.8) is 0 Å². The van der Waals surface area contributed by atoms with Crippen LogP contribution in [0.2, 0.25) is 10.0 Å². The van der Waals surface area contributed by atoms with Gasteiger partial charge in [0.2, 0.25) is 0 Å². The molecule has 0 bridgehead atoms. The van der Waals surface area contributed by atoms with Crippen LogP contribution >= 0.6 is 23.2 Å². The Morgan fingerprint density at radius 1 is 1.14 bits per heavy atom. The summed E-state index contributed by atoms with van der Waals surface area (Å²) in [6.45, 7) is 3.29. The third-order valence-corrected chi connectivity index (χ3v) is 5.39. The van der Waals surface area contributed by atoms with Gasteiger partial charge in [-0.05, 0) is 36.8 Å². The van der Waals surface area contributed by atoms with E-state index in [2.05, 4.69) is 21.4 Å². The molecule has 1 atom stereocenters. The van der Waals surface area contributed by atoms with Gasteiger partial charge in [0.05, 0.1) is 10.7 Å². The first-order valence-electron chi connectivity index (χ1n) is 8.68. The molecule has 144 valence electrons. The predicted octanol–water partition coefficient (Wildman–Crippen LogP) is 4.91. The van der Waals surface area contributed by atoms with E-state index in [9.17, 15) is 4.39 Å². The molecule has 0 saturated carbocycles. The lowest BCUT2D eigenvalue weighted by atomic mass is 10.1. The molecule has 3 aromatic rings. The lowest BCUT2D eigenvalue weighted by molar-refractivity contribution is 0.227. The molecule has 1 unspecified atom stereocenters. The van der Waals surface area contributed by atoms with Gasteiger partial charge in [0, 0.05) is 47.2 Å². The second kappa shape index (κ2) is 7.54. The summed E-state index contributed by atoms with van der Waals surface area (Å²) in [4.78, 5) is 8.72. The van der Waals surface area contributed by atoms with Crippen molar-refractivity contribution in [3.8, 4) is 16.9 Å². The number of nitrogens with one attached hydrogen (secondary N) is 1. The van der Waals surface area contributed by atoms with Gasteiger partial charge in [-0.15, -0.1) is 0 Å². The second-order valence-electron chi connectivity index (χ2n) is 6.56. The van der Waals surface area contributed by atoms with E-state index >= 15 is 0 Å². The maximum absolute atomic E-state index is 13.8. The SMILES string of the molecule is CC(Oc1cc(-c2cnc3c(c2)CNC3)cnc1N)c1c(Cl)ccc(F)c1Cl. The average Bonchev–Trinajstić information content (AvgIpc) is 3.14. The maximum atomic E-state index is 13.8. The van der Waals surface area contributed by atoms with Crippen LogP contribution in [0.15, 0.2) is 36.7 Å². The Balaban J connectivity index is 1.66. The molecule has 1 aromatic carbocycles. The van der Waals surface area contributed by atoms with Crippen molar-refractivity contribution < 1.29 is 9.13 Å². The molecule has 0 aliphatic carbocycles. The number of benzene rings is 1. The molecule has 0 radical (unpaired) electrons. The fraction of sp³-hybridized carbons (Fsp3) is 0.200. The summed E-state index contributed by atoms with van der Waals surface area (Å²) in [5.41, 5.74) is 10.3. The van der Waals surface area contributed by atoms with E-state index in [1.807, 2.05) is 0 Å². The van der Waals surface area contributed by atoms with Gasteiger partial charge >= 0.3 is 0 Å². The first-order valence-corrected chi connectivity index (χ1v) is 9.44. The zero-order valence-corrected chi connectivity index (χ0v) is 16.5. The van der Waals surface area contributed by atoms with Crippen molar-refractivity contribution in [1.29, 1.82) is 0 Å². The number of nitrogens with two attached hydrogens (primary N) is 1. The van der Waals surface area contributed by atoms with Gasteiger partial charge in [0.25, 0.3) is 0 Å². The van der Waals surface area contributed by atoms with Gasteiger partial charge in [-0.1, -0.05) is 23.2 Å². The maximum Gasteiger partial charge on any atom is 0.166 e. The fourth-order valence-corrected chi connectivity index (χ4v) is 3.87. The van der Waals surface area contributed by atoms with E-state index in [0.29, 0.717) is 16.3 Å². The second-order valence-corrected chi connectivity index (χ2v) is 7.34. The smallest absolute Gasteiger partial charge is 0.166 e. The van der Waals surface area contributed by atoms with Gasteiger partial charge in [-0.2, -0.15) is 0 Å². The van der Waals surface area contributed by atoms with Crippen molar-refractivity contribution in [2.24, 2.45) is 0 Å². The predicted molar refractivity (Wildman–Crippen MR) is 108 cm³/mol. The number of pyridine rings is 2. The molecule has 0 amide bonds. The number of hydrogen-bond acceptors (Lipinski definition) is 5. The molecular weight excluding hydrogens is 402 g/mol. The molecule has 2 aromatic heterocycles. The first-order chi connectivity index (χ1) is 13.4. The van der Waals surface area contributed by atoms with E-state index in [1.54, 1.807) is 25.4 Å².